The summed E-state index contributed by atoms with van der Waals surface area (Å²) in [6.07, 6.45) is 3.26. The van der Waals surface area contributed by atoms with Gasteiger partial charge in [-0.2, -0.15) is 0 Å². The van der Waals surface area contributed by atoms with Gasteiger partial charge in [0.2, 0.25) is 5.95 Å². The molecule has 0 spiro atoms. The second-order valence-electron chi connectivity index (χ2n) is 5.22. The number of nitrogens with one attached hydrogen (secondary N) is 1. The van der Waals surface area contributed by atoms with Gasteiger partial charge in [-0.25, -0.2) is 18.4 Å². The standard InChI is InChI=1S/C15H17N3O3S/c19-8-7-11-3-5-12(6-4-11)17-15-16-10-14-13(18-15)2-1-9-22(14,20)21/h3-6,10,19H,1-2,7-9H2,(H,16,17,18). The lowest BCUT2D eigenvalue weighted by atomic mass is 10.1. The van der Waals surface area contributed by atoms with Gasteiger partial charge in [-0.1, -0.05) is 12.1 Å². The van der Waals surface area contributed by atoms with Crippen molar-refractivity contribution in [1.29, 1.82) is 0 Å². The molecule has 0 radical (unpaired) electrons. The van der Waals surface area contributed by atoms with E-state index < -0.39 is 9.84 Å². The van der Waals surface area contributed by atoms with E-state index >= 15 is 0 Å². The van der Waals surface area contributed by atoms with Crippen molar-refractivity contribution in [2.75, 3.05) is 17.7 Å². The molecule has 0 atom stereocenters. The van der Waals surface area contributed by atoms with Gasteiger partial charge in [0.1, 0.15) is 4.90 Å². The Balaban J connectivity index is 1.81. The van der Waals surface area contributed by atoms with Gasteiger partial charge < -0.3 is 10.4 Å². The van der Waals surface area contributed by atoms with Crippen molar-refractivity contribution in [2.45, 2.75) is 24.2 Å². The number of hydrogen-bond donors (Lipinski definition) is 2. The van der Waals surface area contributed by atoms with Crippen LogP contribution in [-0.2, 0) is 22.7 Å². The van der Waals surface area contributed by atoms with Gasteiger partial charge in [0, 0.05) is 12.3 Å². The fourth-order valence-electron chi connectivity index (χ4n) is 2.46. The molecule has 1 aromatic heterocycles. The highest BCUT2D eigenvalue weighted by atomic mass is 32.2. The lowest BCUT2D eigenvalue weighted by Crippen LogP contribution is -2.18. The second-order valence-corrected chi connectivity index (χ2v) is 7.30. The first-order valence-corrected chi connectivity index (χ1v) is 8.79. The van der Waals surface area contributed by atoms with Crippen LogP contribution in [0.4, 0.5) is 11.6 Å². The number of rotatable bonds is 4. The van der Waals surface area contributed by atoms with Gasteiger partial charge in [-0.15, -0.1) is 0 Å². The van der Waals surface area contributed by atoms with Gasteiger partial charge in [0.15, 0.2) is 9.84 Å². The van der Waals surface area contributed by atoms with Gasteiger partial charge in [-0.05, 0) is 37.0 Å². The number of nitrogens with zero attached hydrogens (tertiary/aromatic N) is 2. The summed E-state index contributed by atoms with van der Waals surface area (Å²) >= 11 is 0. The first kappa shape index (κ1) is 14.9. The van der Waals surface area contributed by atoms with E-state index in [-0.39, 0.29) is 17.3 Å². The molecule has 0 bridgehead atoms. The SMILES string of the molecule is O=S1(=O)CCCc2nc(Nc3ccc(CCO)cc3)ncc21. The minimum absolute atomic E-state index is 0.120. The number of aliphatic hydroxyl groups excluding tert-OH is 1. The number of sulfone groups is 1. The Morgan fingerprint density at radius 1 is 1.23 bits per heavy atom. The zero-order chi connectivity index (χ0) is 15.6. The van der Waals surface area contributed by atoms with Gasteiger partial charge in [0.05, 0.1) is 17.6 Å². The van der Waals surface area contributed by atoms with Crippen LogP contribution < -0.4 is 5.32 Å². The van der Waals surface area contributed by atoms with Crippen LogP contribution in [-0.4, -0.2) is 35.9 Å². The van der Waals surface area contributed by atoms with E-state index in [9.17, 15) is 8.42 Å². The second kappa shape index (κ2) is 6.02. The number of hydrogen-bond acceptors (Lipinski definition) is 6. The molecule has 0 saturated heterocycles. The number of aryl methyl sites for hydroxylation is 1. The predicted octanol–water partition coefficient (Wildman–Crippen LogP) is 1.47. The molecule has 7 heteroatoms. The average molecular weight is 319 g/mol. The third-order valence-electron chi connectivity index (χ3n) is 3.60. The average Bonchev–Trinajstić information content (AvgIpc) is 2.49. The minimum Gasteiger partial charge on any atom is -0.396 e. The van der Waals surface area contributed by atoms with Gasteiger partial charge in [-0.3, -0.25) is 0 Å². The van der Waals surface area contributed by atoms with E-state index in [1.807, 2.05) is 24.3 Å². The fourth-order valence-corrected chi connectivity index (χ4v) is 3.92. The van der Waals surface area contributed by atoms with Crippen molar-refractivity contribution in [1.82, 2.24) is 9.97 Å². The molecule has 1 aliphatic heterocycles. The smallest absolute Gasteiger partial charge is 0.227 e. The van der Waals surface area contributed by atoms with Crippen LogP contribution >= 0.6 is 0 Å². The molecule has 1 aliphatic rings. The zero-order valence-electron chi connectivity index (χ0n) is 12.0. The topological polar surface area (TPSA) is 92.2 Å². The number of benzene rings is 1. The third-order valence-corrected chi connectivity index (χ3v) is 5.44. The summed E-state index contributed by atoms with van der Waals surface area (Å²) in [5.74, 6) is 0.563. The van der Waals surface area contributed by atoms with Crippen LogP contribution in [0.2, 0.25) is 0 Å². The summed E-state index contributed by atoms with van der Waals surface area (Å²) in [5, 5.41) is 12.0. The van der Waals surface area contributed by atoms with E-state index in [1.165, 1.54) is 6.20 Å². The Kier molecular flexibility index (Phi) is 4.08. The Hall–Kier alpha value is -1.99. The number of fused-ring (bicyclic) bond motifs is 1. The van der Waals surface area contributed by atoms with Gasteiger partial charge in [0.25, 0.3) is 0 Å². The van der Waals surface area contributed by atoms with Crippen molar-refractivity contribution in [3.63, 3.8) is 0 Å². The molecule has 2 aromatic rings. The summed E-state index contributed by atoms with van der Waals surface area (Å²) < 4.78 is 23.8. The molecule has 3 rings (SSSR count). The van der Waals surface area contributed by atoms with E-state index in [0.717, 1.165) is 11.3 Å². The Morgan fingerprint density at radius 3 is 2.73 bits per heavy atom. The summed E-state index contributed by atoms with van der Waals surface area (Å²) in [5.41, 5.74) is 2.45. The van der Waals surface area contributed by atoms with Crippen molar-refractivity contribution >= 4 is 21.5 Å². The quantitative estimate of drug-likeness (QED) is 0.887. The normalized spacial score (nSPS) is 16.0. The highest BCUT2D eigenvalue weighted by Crippen LogP contribution is 2.24. The van der Waals surface area contributed by atoms with Crippen LogP contribution in [0.15, 0.2) is 35.4 Å². The van der Waals surface area contributed by atoms with E-state index in [1.54, 1.807) is 0 Å². The van der Waals surface area contributed by atoms with Gasteiger partial charge >= 0.3 is 0 Å². The van der Waals surface area contributed by atoms with Crippen LogP contribution in [0.25, 0.3) is 0 Å². The van der Waals surface area contributed by atoms with Crippen molar-refractivity contribution < 1.29 is 13.5 Å². The molecule has 2 heterocycles. The number of anilines is 2. The van der Waals surface area contributed by atoms with Crippen LogP contribution in [0, 0.1) is 0 Å². The molecular formula is C15H17N3O3S. The number of aliphatic hydroxyl groups is 1. The molecule has 116 valence electrons. The zero-order valence-corrected chi connectivity index (χ0v) is 12.8. The summed E-state index contributed by atoms with van der Waals surface area (Å²) in [4.78, 5) is 8.67. The van der Waals surface area contributed by atoms with E-state index in [2.05, 4.69) is 15.3 Å². The lowest BCUT2D eigenvalue weighted by Gasteiger charge is -2.15. The first-order valence-electron chi connectivity index (χ1n) is 7.14. The molecule has 2 N–H and O–H groups in total. The molecule has 1 aromatic carbocycles. The molecule has 22 heavy (non-hydrogen) atoms. The predicted molar refractivity (Wildman–Crippen MR) is 82.9 cm³/mol. The Morgan fingerprint density at radius 2 is 2.00 bits per heavy atom. The summed E-state index contributed by atoms with van der Waals surface area (Å²) in [7, 11) is -3.22. The molecule has 6 nitrogen and oxygen atoms in total. The highest BCUT2D eigenvalue weighted by molar-refractivity contribution is 7.91. The lowest BCUT2D eigenvalue weighted by molar-refractivity contribution is 0.299. The van der Waals surface area contributed by atoms with Crippen LogP contribution in [0.1, 0.15) is 17.7 Å². The van der Waals surface area contributed by atoms with Crippen LogP contribution in [0.3, 0.4) is 0 Å². The molecule has 0 fully saturated rings. The largest absolute Gasteiger partial charge is 0.396 e. The molecular weight excluding hydrogens is 302 g/mol. The first-order chi connectivity index (χ1) is 10.6. The molecule has 0 aliphatic carbocycles. The minimum atomic E-state index is -3.22. The third kappa shape index (κ3) is 3.10. The Labute approximate surface area is 129 Å². The maximum Gasteiger partial charge on any atom is 0.227 e. The van der Waals surface area contributed by atoms with Crippen LogP contribution in [0.5, 0.6) is 0 Å². The molecule has 0 amide bonds. The summed E-state index contributed by atoms with van der Waals surface area (Å²) in [6, 6.07) is 7.60. The maximum absolute atomic E-state index is 11.9. The van der Waals surface area contributed by atoms with Crippen molar-refractivity contribution in [3.05, 3.63) is 41.7 Å². The van der Waals surface area contributed by atoms with E-state index in [4.69, 9.17) is 5.11 Å². The van der Waals surface area contributed by atoms with Crippen molar-refractivity contribution in [3.8, 4) is 0 Å². The van der Waals surface area contributed by atoms with Crippen molar-refractivity contribution in [2.24, 2.45) is 0 Å². The summed E-state index contributed by atoms with van der Waals surface area (Å²) in [6.45, 7) is 0.120. The Bertz CT molecular complexity index is 773. The number of aromatic nitrogens is 2. The van der Waals surface area contributed by atoms with E-state index in [0.29, 0.717) is 30.9 Å². The maximum atomic E-state index is 11.9. The highest BCUT2D eigenvalue weighted by Gasteiger charge is 2.25. The monoisotopic (exact) mass is 319 g/mol. The molecule has 0 saturated carbocycles. The molecule has 0 unspecified atom stereocenters. The fraction of sp³-hybridized carbons (Fsp3) is 0.333.